The molecule has 8 bridgehead atoms. The molecule has 5 heterocycles. The Labute approximate surface area is 335 Å². The van der Waals surface area contributed by atoms with Gasteiger partial charge in [-0.05, 0) is 142 Å². The van der Waals surface area contributed by atoms with Crippen molar-refractivity contribution in [2.75, 3.05) is 0 Å². The first-order valence-corrected chi connectivity index (χ1v) is 23.5. The Morgan fingerprint density at radius 1 is 0.464 bits per heavy atom. The maximum Gasteiger partial charge on any atom is 0.0815 e. The Balaban J connectivity index is 1.29. The van der Waals surface area contributed by atoms with Crippen LogP contribution < -0.4 is 0 Å². The largest absolute Gasteiger partial charge is 0.355 e. The van der Waals surface area contributed by atoms with Gasteiger partial charge in [0, 0.05) is 33.6 Å². The summed E-state index contributed by atoms with van der Waals surface area (Å²) in [5, 5.41) is 0. The summed E-state index contributed by atoms with van der Waals surface area (Å²) in [7, 11) is 0. The van der Waals surface area contributed by atoms with E-state index in [1.165, 1.54) is 211 Å². The van der Waals surface area contributed by atoms with E-state index >= 15 is 0 Å². The van der Waals surface area contributed by atoms with Crippen molar-refractivity contribution in [3.8, 4) is 11.8 Å². The summed E-state index contributed by atoms with van der Waals surface area (Å²) in [4.78, 5) is 19.6. The third-order valence-corrected chi connectivity index (χ3v) is 15.1. The molecule has 5 saturated carbocycles. The lowest BCUT2D eigenvalue weighted by atomic mass is 9.88. The van der Waals surface area contributed by atoms with Gasteiger partial charge in [0.15, 0.2) is 0 Å². The number of rotatable bonds is 4. The number of aromatic nitrogens is 4. The molecule has 0 amide bonds. The minimum Gasteiger partial charge on any atom is -0.355 e. The molecule has 10 rings (SSSR count). The van der Waals surface area contributed by atoms with Gasteiger partial charge in [0.05, 0.1) is 33.9 Å². The van der Waals surface area contributed by atoms with Crippen molar-refractivity contribution in [2.24, 2.45) is 11.8 Å². The second-order valence-electron chi connectivity index (χ2n) is 18.8. The summed E-state index contributed by atoms with van der Waals surface area (Å²) >= 11 is 0. The molecule has 4 heteroatoms. The summed E-state index contributed by atoms with van der Waals surface area (Å²) < 4.78 is 0. The molecule has 56 heavy (non-hydrogen) atoms. The number of hydrogen-bond acceptors (Lipinski definition) is 2. The molecule has 0 radical (unpaired) electrons. The van der Waals surface area contributed by atoms with Crippen molar-refractivity contribution < 1.29 is 0 Å². The van der Waals surface area contributed by atoms with Gasteiger partial charge in [-0.15, -0.1) is 0 Å². The Morgan fingerprint density at radius 2 is 1.02 bits per heavy atom. The maximum atomic E-state index is 5.76. The predicted octanol–water partition coefficient (Wildman–Crippen LogP) is 14.7. The third kappa shape index (κ3) is 7.50. The van der Waals surface area contributed by atoms with Crippen LogP contribution >= 0.6 is 0 Å². The number of hydrogen-bond donors (Lipinski definition) is 2. The van der Waals surface area contributed by atoms with Crippen molar-refractivity contribution >= 4 is 45.9 Å². The first kappa shape index (κ1) is 36.5. The molecule has 0 atom stereocenters. The fraction of sp³-hybridized carbons (Fsp3) is 0.577. The van der Waals surface area contributed by atoms with Crippen LogP contribution in [0, 0.1) is 23.7 Å². The predicted molar refractivity (Wildman–Crippen MR) is 235 cm³/mol. The minimum absolute atomic E-state index is 0.477. The summed E-state index contributed by atoms with van der Waals surface area (Å²) in [6.07, 6.45) is 39.6. The second-order valence-corrected chi connectivity index (χ2v) is 18.8. The quantitative estimate of drug-likeness (QED) is 0.161. The van der Waals surface area contributed by atoms with E-state index in [9.17, 15) is 0 Å². The highest BCUT2D eigenvalue weighted by atomic mass is 14.8. The van der Waals surface area contributed by atoms with Crippen LogP contribution in [0.5, 0.6) is 0 Å². The van der Waals surface area contributed by atoms with Gasteiger partial charge in [-0.1, -0.05) is 108 Å². The van der Waals surface area contributed by atoms with Crippen molar-refractivity contribution in [1.82, 2.24) is 19.9 Å². The summed E-state index contributed by atoms with van der Waals surface area (Å²) in [5.74, 6) is 10.3. The lowest BCUT2D eigenvalue weighted by molar-refractivity contribution is 0.430. The fourth-order valence-corrected chi connectivity index (χ4v) is 12.0. The van der Waals surface area contributed by atoms with E-state index in [0.29, 0.717) is 29.6 Å². The first-order valence-electron chi connectivity index (χ1n) is 23.5. The highest BCUT2D eigenvalue weighted by molar-refractivity contribution is 5.89. The highest BCUT2D eigenvalue weighted by Crippen LogP contribution is 2.45. The Hall–Kier alpha value is -3.84. The van der Waals surface area contributed by atoms with Crippen molar-refractivity contribution in [3.05, 3.63) is 69.3 Å². The van der Waals surface area contributed by atoms with Gasteiger partial charge in [-0.25, -0.2) is 9.97 Å². The van der Waals surface area contributed by atoms with E-state index in [0.717, 1.165) is 22.5 Å². The third-order valence-electron chi connectivity index (χ3n) is 15.1. The van der Waals surface area contributed by atoms with Crippen LogP contribution in [0.3, 0.4) is 0 Å². The van der Waals surface area contributed by atoms with Crippen LogP contribution in [-0.4, -0.2) is 19.9 Å². The molecule has 0 aromatic carbocycles. The molecular weight excluding hydrogens is 681 g/mol. The fourth-order valence-electron chi connectivity index (χ4n) is 12.0. The van der Waals surface area contributed by atoms with E-state index in [4.69, 9.17) is 9.97 Å². The SMILES string of the molecule is C(#CC1CCCCC1)c1c2nc(c(C3CCCCCC3)c3nc(cc4[nH]c(cc4C4CCCC4)c(C4CCCCCC4)c4ccc1[nH]4)C(C1CCCC1)=C3)C=C2. The van der Waals surface area contributed by atoms with Crippen molar-refractivity contribution in [2.45, 2.75) is 178 Å². The summed E-state index contributed by atoms with van der Waals surface area (Å²) in [5.41, 5.74) is 16.5. The molecule has 2 aliphatic heterocycles. The average molecular weight is 745 g/mol. The number of H-pyrrole nitrogens is 2. The van der Waals surface area contributed by atoms with Gasteiger partial charge < -0.3 is 9.97 Å². The maximum absolute atomic E-state index is 5.76. The first-order chi connectivity index (χ1) is 27.7. The summed E-state index contributed by atoms with van der Waals surface area (Å²) in [6.45, 7) is 0. The van der Waals surface area contributed by atoms with Gasteiger partial charge in [-0.2, -0.15) is 0 Å². The smallest absolute Gasteiger partial charge is 0.0815 e. The molecule has 0 spiro atoms. The minimum atomic E-state index is 0.477. The molecule has 5 fully saturated rings. The standard InChI is InChI=1S/C52H64N4/c1-2-9-23-38(22-8-1)51-45-30-28-43(53-45)40(27-26-35-16-6-5-7-17-35)44-29-31-46(54-44)52(39-24-10-3-4-11-25-39)50-33-42(37-20-14-15-21-37)48(56-50)34-47-41(32-49(51)55-47)36-18-12-13-19-36/h28-39,53,55H,1-25H2. The topological polar surface area (TPSA) is 57.4 Å². The van der Waals surface area contributed by atoms with Crippen LogP contribution in [0.25, 0.3) is 45.9 Å². The Bertz CT molecular complexity index is 2180. The number of nitrogens with one attached hydrogen (secondary N) is 2. The average Bonchev–Trinajstić information content (AvgIpc) is 4.08. The van der Waals surface area contributed by atoms with Crippen LogP contribution in [-0.2, 0) is 0 Å². The monoisotopic (exact) mass is 745 g/mol. The van der Waals surface area contributed by atoms with Crippen LogP contribution in [0.15, 0.2) is 24.3 Å². The zero-order valence-electron chi connectivity index (χ0n) is 34.0. The molecular formula is C52H64N4. The molecule has 3 aromatic heterocycles. The highest BCUT2D eigenvalue weighted by Gasteiger charge is 2.30. The Morgan fingerprint density at radius 3 is 1.73 bits per heavy atom. The number of aromatic amines is 2. The van der Waals surface area contributed by atoms with Gasteiger partial charge >= 0.3 is 0 Å². The molecule has 292 valence electrons. The van der Waals surface area contributed by atoms with Gasteiger partial charge in [0.25, 0.3) is 0 Å². The van der Waals surface area contributed by atoms with E-state index in [2.05, 4.69) is 64.3 Å². The van der Waals surface area contributed by atoms with Crippen LogP contribution in [0.4, 0.5) is 0 Å². The van der Waals surface area contributed by atoms with E-state index < -0.39 is 0 Å². The van der Waals surface area contributed by atoms with Gasteiger partial charge in [-0.3, -0.25) is 0 Å². The Kier molecular flexibility index (Phi) is 10.8. The zero-order chi connectivity index (χ0) is 37.3. The normalized spacial score (nSPS) is 22.2. The number of nitrogens with zero attached hydrogens (tertiary/aromatic N) is 2. The molecule has 2 N–H and O–H groups in total. The number of allylic oxidation sites excluding steroid dienone is 1. The van der Waals surface area contributed by atoms with Gasteiger partial charge in [0.1, 0.15) is 0 Å². The molecule has 5 aliphatic carbocycles. The van der Waals surface area contributed by atoms with Crippen LogP contribution in [0.1, 0.15) is 223 Å². The van der Waals surface area contributed by atoms with E-state index in [1.807, 2.05) is 0 Å². The molecule has 4 nitrogen and oxygen atoms in total. The lowest BCUT2D eigenvalue weighted by Crippen LogP contribution is -2.03. The van der Waals surface area contributed by atoms with E-state index in [1.54, 1.807) is 0 Å². The molecule has 3 aromatic rings. The van der Waals surface area contributed by atoms with Crippen molar-refractivity contribution in [3.63, 3.8) is 0 Å². The second kappa shape index (κ2) is 16.6. The zero-order valence-corrected chi connectivity index (χ0v) is 34.0. The van der Waals surface area contributed by atoms with Gasteiger partial charge in [0.2, 0.25) is 0 Å². The number of fused-ring (bicyclic) bond motifs is 8. The lowest BCUT2D eigenvalue weighted by Gasteiger charge is -2.16. The van der Waals surface area contributed by atoms with Crippen LogP contribution in [0.2, 0.25) is 0 Å². The van der Waals surface area contributed by atoms with Crippen molar-refractivity contribution in [1.29, 1.82) is 0 Å². The molecule has 0 unspecified atom stereocenters. The van der Waals surface area contributed by atoms with E-state index in [-0.39, 0.29) is 0 Å². The summed E-state index contributed by atoms with van der Waals surface area (Å²) in [6, 6.07) is 9.81. The molecule has 7 aliphatic rings. The molecule has 0 saturated heterocycles.